The molecule has 2 aromatic heterocycles. The first-order valence-corrected chi connectivity index (χ1v) is 12.1. The second-order valence-corrected chi connectivity index (χ2v) is 9.29. The summed E-state index contributed by atoms with van der Waals surface area (Å²) in [5.41, 5.74) is -24.7. The fourth-order valence-electron chi connectivity index (χ4n) is 4.45. The monoisotopic (exact) mass is 735 g/mol. The molecule has 0 amide bonds. The van der Waals surface area contributed by atoms with Crippen LogP contribution in [0.3, 0.4) is 0 Å². The quantitative estimate of drug-likeness (QED) is 0.206. The average Bonchev–Trinajstić information content (AvgIpc) is 3.71. The van der Waals surface area contributed by atoms with Gasteiger partial charge < -0.3 is 5.32 Å². The van der Waals surface area contributed by atoms with Crippen LogP contribution in [0.15, 0.2) is 38.6 Å². The Labute approximate surface area is 262 Å². The van der Waals surface area contributed by atoms with Gasteiger partial charge in [-0.1, -0.05) is 0 Å². The molecule has 4 rings (SSSR count). The van der Waals surface area contributed by atoms with Gasteiger partial charge in [-0.2, -0.15) is 82.8 Å². The van der Waals surface area contributed by atoms with Gasteiger partial charge in [-0.05, 0) is 0 Å². The van der Waals surface area contributed by atoms with E-state index < -0.39 is 133 Å². The second-order valence-electron chi connectivity index (χ2n) is 9.29. The number of halogens is 17. The van der Waals surface area contributed by atoms with E-state index in [1.165, 1.54) is 0 Å². The van der Waals surface area contributed by atoms with Crippen molar-refractivity contribution in [3.63, 3.8) is 0 Å². The largest absolute Gasteiger partial charge is 0.433 e. The van der Waals surface area contributed by atoms with Crippen molar-refractivity contribution in [2.24, 2.45) is 4.99 Å². The number of nitrogens with one attached hydrogen (secondary N) is 1. The Bertz CT molecular complexity index is 2010. The van der Waals surface area contributed by atoms with E-state index >= 15 is 0 Å². The van der Waals surface area contributed by atoms with Crippen molar-refractivity contribution >= 4 is 16.9 Å². The molecule has 2 aromatic rings. The van der Waals surface area contributed by atoms with Crippen molar-refractivity contribution in [2.45, 2.75) is 24.7 Å². The third kappa shape index (κ3) is 6.06. The number of pyridine rings is 2. The first-order valence-electron chi connectivity index (χ1n) is 12.1. The molecular weight excluding hydrogens is 733 g/mol. The second kappa shape index (κ2) is 12.2. The van der Waals surface area contributed by atoms with E-state index in [0.717, 1.165) is 12.1 Å². The standard InChI is InChI=1S/C26H2F17N7/c27-13-10(14(28)20(32)49-19(13)31)4(1-44)7-8(5(2-45)11-15(29)21(33)50-22(34)16(11)30)9(7)6(3-46)12-17(24(35,36)37)47-23(26(41,42)43)48-18(12)25(38,39)40/h23,47H/b7-4+,8-5?,9-6+. The SMILES string of the molecule is N#CC(=C1C(=C(\C#N)C2=C(C(F)(F)F)NC(C(F)(F)F)N=C2C(F)(F)F)/C1=C(\C#N)c1c(F)c(F)nc(F)c1F)c1c(F)c(F)nc(F)c1F. The van der Waals surface area contributed by atoms with E-state index in [1.54, 1.807) is 0 Å². The molecule has 1 N–H and O–H groups in total. The highest BCUT2D eigenvalue weighted by Crippen LogP contribution is 2.57. The van der Waals surface area contributed by atoms with Crippen molar-refractivity contribution in [1.29, 1.82) is 15.8 Å². The summed E-state index contributed by atoms with van der Waals surface area (Å²) in [7, 11) is 0. The summed E-state index contributed by atoms with van der Waals surface area (Å²) in [5.74, 6) is -20.8. The van der Waals surface area contributed by atoms with Crippen LogP contribution in [0.5, 0.6) is 0 Å². The zero-order valence-corrected chi connectivity index (χ0v) is 22.7. The van der Waals surface area contributed by atoms with E-state index in [-0.39, 0.29) is 0 Å². The highest BCUT2D eigenvalue weighted by Gasteiger charge is 2.56. The number of rotatable bonds is 3. The average molecular weight is 735 g/mol. The van der Waals surface area contributed by atoms with Gasteiger partial charge in [-0.15, -0.1) is 0 Å². The van der Waals surface area contributed by atoms with Gasteiger partial charge in [0.1, 0.15) is 23.9 Å². The van der Waals surface area contributed by atoms with Crippen molar-refractivity contribution in [3.05, 3.63) is 91.7 Å². The van der Waals surface area contributed by atoms with Crippen LogP contribution in [0.2, 0.25) is 0 Å². The number of nitriles is 3. The third-order valence-corrected chi connectivity index (χ3v) is 6.41. The fraction of sp³-hybridized carbons (Fsp3) is 0.154. The maximum Gasteiger partial charge on any atom is 0.433 e. The molecule has 1 atom stereocenters. The van der Waals surface area contributed by atoms with E-state index in [0.29, 0.717) is 11.4 Å². The number of hydrogen-bond donors (Lipinski definition) is 1. The molecule has 1 unspecified atom stereocenters. The number of aromatic nitrogens is 2. The Morgan fingerprint density at radius 3 is 1.16 bits per heavy atom. The van der Waals surface area contributed by atoms with Crippen LogP contribution in [-0.2, 0) is 0 Å². The van der Waals surface area contributed by atoms with Gasteiger partial charge in [-0.3, -0.25) is 0 Å². The molecule has 1 aliphatic heterocycles. The predicted molar refractivity (Wildman–Crippen MR) is 125 cm³/mol. The van der Waals surface area contributed by atoms with Crippen LogP contribution in [0.1, 0.15) is 11.1 Å². The number of hydrogen-bond acceptors (Lipinski definition) is 7. The van der Waals surface area contributed by atoms with Gasteiger partial charge in [-0.25, -0.2) is 22.6 Å². The van der Waals surface area contributed by atoms with Gasteiger partial charge in [0.15, 0.2) is 29.0 Å². The minimum absolute atomic E-state index is 0.569. The molecule has 1 saturated carbocycles. The molecule has 0 aromatic carbocycles. The van der Waals surface area contributed by atoms with Crippen LogP contribution >= 0.6 is 0 Å². The summed E-state index contributed by atoms with van der Waals surface area (Å²) >= 11 is 0. The minimum atomic E-state index is -6.36. The highest BCUT2D eigenvalue weighted by atomic mass is 19.4. The molecule has 7 nitrogen and oxygen atoms in total. The Hall–Kier alpha value is -5.99. The van der Waals surface area contributed by atoms with Crippen molar-refractivity contribution < 1.29 is 74.6 Å². The zero-order chi connectivity index (χ0) is 38.0. The summed E-state index contributed by atoms with van der Waals surface area (Å²) in [6, 6.07) is 2.25. The Morgan fingerprint density at radius 1 is 0.540 bits per heavy atom. The van der Waals surface area contributed by atoms with Crippen molar-refractivity contribution in [1.82, 2.24) is 15.3 Å². The first kappa shape index (κ1) is 36.8. The van der Waals surface area contributed by atoms with E-state index in [4.69, 9.17) is 0 Å². The third-order valence-electron chi connectivity index (χ3n) is 6.41. The Morgan fingerprint density at radius 2 is 0.880 bits per heavy atom. The van der Waals surface area contributed by atoms with Crippen LogP contribution in [-0.4, -0.2) is 40.4 Å². The molecule has 50 heavy (non-hydrogen) atoms. The van der Waals surface area contributed by atoms with Crippen LogP contribution in [0, 0.1) is 81.1 Å². The normalized spacial score (nSPS) is 19.6. The van der Waals surface area contributed by atoms with Gasteiger partial charge in [0.25, 0.3) is 23.8 Å². The summed E-state index contributed by atoms with van der Waals surface area (Å²) < 4.78 is 240. The lowest BCUT2D eigenvalue weighted by Gasteiger charge is -2.30. The molecular formula is C26H2F17N7. The number of alkyl halides is 9. The van der Waals surface area contributed by atoms with Gasteiger partial charge >= 0.3 is 18.5 Å². The summed E-state index contributed by atoms with van der Waals surface area (Å²) in [5, 5.41) is 29.8. The molecule has 1 fully saturated rings. The lowest BCUT2D eigenvalue weighted by Crippen LogP contribution is -2.50. The molecule has 1 aliphatic carbocycles. The summed E-state index contributed by atoms with van der Waals surface area (Å²) in [4.78, 5) is 6.40. The van der Waals surface area contributed by atoms with Crippen molar-refractivity contribution in [3.8, 4) is 18.2 Å². The number of aliphatic imine (C=N–C) groups is 1. The lowest BCUT2D eigenvalue weighted by molar-refractivity contribution is -0.160. The minimum Gasteiger partial charge on any atom is -0.352 e. The van der Waals surface area contributed by atoms with Crippen LogP contribution in [0.4, 0.5) is 74.6 Å². The summed E-state index contributed by atoms with van der Waals surface area (Å²) in [6.45, 7) is 0. The fourth-order valence-corrected chi connectivity index (χ4v) is 4.45. The molecule has 24 heteroatoms. The Balaban J connectivity index is 2.36. The van der Waals surface area contributed by atoms with Gasteiger partial charge in [0.2, 0.25) is 6.17 Å². The van der Waals surface area contributed by atoms with Crippen LogP contribution in [0.25, 0.3) is 11.1 Å². The number of allylic oxidation sites excluding steroid dienone is 8. The van der Waals surface area contributed by atoms with Gasteiger partial charge in [0, 0.05) is 16.7 Å². The number of nitrogens with zero attached hydrogens (tertiary/aromatic N) is 6. The molecule has 0 spiro atoms. The van der Waals surface area contributed by atoms with E-state index in [1.807, 2.05) is 0 Å². The van der Waals surface area contributed by atoms with E-state index in [2.05, 4.69) is 15.0 Å². The molecule has 3 heterocycles. The highest BCUT2D eigenvalue weighted by molar-refractivity contribution is 6.14. The first-order chi connectivity index (χ1) is 22.9. The van der Waals surface area contributed by atoms with Gasteiger partial charge in [0.05, 0.1) is 33.4 Å². The molecule has 260 valence electrons. The molecule has 0 bridgehead atoms. The van der Waals surface area contributed by atoms with E-state index in [9.17, 15) is 90.4 Å². The molecule has 2 aliphatic rings. The molecule has 0 radical (unpaired) electrons. The maximum atomic E-state index is 14.7. The summed E-state index contributed by atoms with van der Waals surface area (Å²) in [6.07, 6.45) is -22.7. The zero-order valence-electron chi connectivity index (χ0n) is 22.7. The lowest BCUT2D eigenvalue weighted by atomic mass is 9.94. The molecule has 0 saturated heterocycles. The van der Waals surface area contributed by atoms with Crippen molar-refractivity contribution in [2.75, 3.05) is 0 Å². The van der Waals surface area contributed by atoms with Crippen LogP contribution < -0.4 is 5.32 Å². The topological polar surface area (TPSA) is 122 Å². The smallest absolute Gasteiger partial charge is 0.352 e. The Kier molecular flexibility index (Phi) is 8.96. The maximum absolute atomic E-state index is 14.7. The predicted octanol–water partition coefficient (Wildman–Crippen LogP) is 6.99.